The van der Waals surface area contributed by atoms with Gasteiger partial charge in [0, 0.05) is 16.8 Å². The predicted octanol–water partition coefficient (Wildman–Crippen LogP) is 3.50. The number of alkyl halides is 3. The van der Waals surface area contributed by atoms with Gasteiger partial charge in [0.15, 0.2) is 5.82 Å². The fourth-order valence-corrected chi connectivity index (χ4v) is 2.02. The van der Waals surface area contributed by atoms with Gasteiger partial charge in [-0.3, -0.25) is 0 Å². The fraction of sp³-hybridized carbons (Fsp3) is 0.286. The highest BCUT2D eigenvalue weighted by atomic mass is 19.4. The maximum Gasteiger partial charge on any atom is 0.573 e. The summed E-state index contributed by atoms with van der Waals surface area (Å²) in [6, 6.07) is 5.49. The summed E-state index contributed by atoms with van der Waals surface area (Å²) in [6.07, 6.45) is -4.05. The highest BCUT2D eigenvalue weighted by molar-refractivity contribution is 5.60. The van der Waals surface area contributed by atoms with Crippen LogP contribution in [0.15, 0.2) is 24.3 Å². The molecule has 2 N–H and O–H groups in total. The van der Waals surface area contributed by atoms with E-state index in [-0.39, 0.29) is 11.6 Å². The molecule has 21 heavy (non-hydrogen) atoms. The molecule has 0 atom stereocenters. The van der Waals surface area contributed by atoms with Gasteiger partial charge in [-0.15, -0.1) is 13.2 Å². The smallest absolute Gasteiger partial charge is 0.406 e. The Bertz CT molecular complexity index is 633. The van der Waals surface area contributed by atoms with Crippen molar-refractivity contribution < 1.29 is 17.9 Å². The Labute approximate surface area is 119 Å². The number of hydrogen-bond acceptors (Lipinski definition) is 4. The SMILES string of the molecule is CCc1c(C)nc(-c2cccc(OC(F)(F)F)c2)nc1N. The van der Waals surface area contributed by atoms with E-state index < -0.39 is 6.36 Å². The summed E-state index contributed by atoms with van der Waals surface area (Å²) in [7, 11) is 0. The van der Waals surface area contributed by atoms with Gasteiger partial charge in [-0.25, -0.2) is 9.97 Å². The number of nitrogens with two attached hydrogens (primary N) is 1. The summed E-state index contributed by atoms with van der Waals surface area (Å²) in [5, 5.41) is 0. The number of ether oxygens (including phenoxy) is 1. The van der Waals surface area contributed by atoms with Gasteiger partial charge in [-0.1, -0.05) is 19.1 Å². The van der Waals surface area contributed by atoms with Crippen LogP contribution >= 0.6 is 0 Å². The second-order valence-electron chi connectivity index (χ2n) is 4.43. The van der Waals surface area contributed by atoms with Crippen molar-refractivity contribution in [2.75, 3.05) is 5.73 Å². The lowest BCUT2D eigenvalue weighted by atomic mass is 10.1. The molecule has 1 aromatic heterocycles. The minimum atomic E-state index is -4.74. The van der Waals surface area contributed by atoms with E-state index >= 15 is 0 Å². The zero-order chi connectivity index (χ0) is 15.6. The summed E-state index contributed by atoms with van der Waals surface area (Å²) >= 11 is 0. The van der Waals surface area contributed by atoms with E-state index in [4.69, 9.17) is 5.73 Å². The van der Waals surface area contributed by atoms with Gasteiger partial charge in [0.2, 0.25) is 0 Å². The molecule has 112 valence electrons. The van der Waals surface area contributed by atoms with Crippen LogP contribution in [-0.4, -0.2) is 16.3 Å². The van der Waals surface area contributed by atoms with Gasteiger partial charge in [0.05, 0.1) is 0 Å². The number of nitrogen functional groups attached to an aromatic ring is 1. The molecule has 0 amide bonds. The van der Waals surface area contributed by atoms with Crippen LogP contribution in [0.4, 0.5) is 19.0 Å². The van der Waals surface area contributed by atoms with Crippen LogP contribution < -0.4 is 10.5 Å². The third-order valence-electron chi connectivity index (χ3n) is 2.93. The van der Waals surface area contributed by atoms with E-state index in [1.165, 1.54) is 18.2 Å². The number of aryl methyl sites for hydroxylation is 1. The van der Waals surface area contributed by atoms with Crippen LogP contribution in [0.1, 0.15) is 18.2 Å². The van der Waals surface area contributed by atoms with Gasteiger partial charge in [-0.05, 0) is 25.5 Å². The lowest BCUT2D eigenvalue weighted by Crippen LogP contribution is -2.17. The molecule has 1 heterocycles. The van der Waals surface area contributed by atoms with Crippen molar-refractivity contribution >= 4 is 5.82 Å². The van der Waals surface area contributed by atoms with Crippen molar-refractivity contribution in [1.29, 1.82) is 0 Å². The second-order valence-corrected chi connectivity index (χ2v) is 4.43. The second kappa shape index (κ2) is 5.59. The third kappa shape index (κ3) is 3.62. The molecule has 4 nitrogen and oxygen atoms in total. The van der Waals surface area contributed by atoms with Gasteiger partial charge < -0.3 is 10.5 Å². The highest BCUT2D eigenvalue weighted by Gasteiger charge is 2.31. The third-order valence-corrected chi connectivity index (χ3v) is 2.93. The number of halogens is 3. The lowest BCUT2D eigenvalue weighted by molar-refractivity contribution is -0.274. The number of rotatable bonds is 3. The Kier molecular flexibility index (Phi) is 4.02. The first kappa shape index (κ1) is 15.1. The number of benzene rings is 1. The zero-order valence-electron chi connectivity index (χ0n) is 11.5. The van der Waals surface area contributed by atoms with Crippen LogP contribution in [0.25, 0.3) is 11.4 Å². The molecule has 7 heteroatoms. The van der Waals surface area contributed by atoms with Crippen molar-refractivity contribution in [3.8, 4) is 17.1 Å². The van der Waals surface area contributed by atoms with E-state index in [1.54, 1.807) is 13.0 Å². The molecular formula is C14H14F3N3O. The van der Waals surface area contributed by atoms with Crippen molar-refractivity contribution in [3.05, 3.63) is 35.5 Å². The van der Waals surface area contributed by atoms with E-state index in [2.05, 4.69) is 14.7 Å². The van der Waals surface area contributed by atoms with Crippen molar-refractivity contribution in [2.24, 2.45) is 0 Å². The minimum Gasteiger partial charge on any atom is -0.406 e. The molecule has 0 aliphatic rings. The van der Waals surface area contributed by atoms with Crippen LogP contribution in [-0.2, 0) is 6.42 Å². The van der Waals surface area contributed by atoms with Crippen LogP contribution in [0.5, 0.6) is 5.75 Å². The predicted molar refractivity (Wildman–Crippen MR) is 72.7 cm³/mol. The molecule has 0 spiro atoms. The Morgan fingerprint density at radius 3 is 2.52 bits per heavy atom. The van der Waals surface area contributed by atoms with Gasteiger partial charge >= 0.3 is 6.36 Å². The summed E-state index contributed by atoms with van der Waals surface area (Å²) in [5.74, 6) is 0.288. The fourth-order valence-electron chi connectivity index (χ4n) is 2.02. The highest BCUT2D eigenvalue weighted by Crippen LogP contribution is 2.27. The van der Waals surface area contributed by atoms with E-state index in [0.717, 1.165) is 5.56 Å². The number of hydrogen-bond donors (Lipinski definition) is 1. The molecule has 0 radical (unpaired) electrons. The van der Waals surface area contributed by atoms with Gasteiger partial charge in [0.1, 0.15) is 11.6 Å². The Morgan fingerprint density at radius 2 is 1.95 bits per heavy atom. The average Bonchev–Trinajstić information content (AvgIpc) is 2.36. The Morgan fingerprint density at radius 1 is 1.24 bits per heavy atom. The van der Waals surface area contributed by atoms with Gasteiger partial charge in [-0.2, -0.15) is 0 Å². The first-order valence-corrected chi connectivity index (χ1v) is 6.29. The van der Waals surface area contributed by atoms with Crippen LogP contribution in [0.2, 0.25) is 0 Å². The van der Waals surface area contributed by atoms with Crippen LogP contribution in [0, 0.1) is 6.92 Å². The quantitative estimate of drug-likeness (QED) is 0.942. The van der Waals surface area contributed by atoms with Crippen LogP contribution in [0.3, 0.4) is 0 Å². The van der Waals surface area contributed by atoms with E-state index in [9.17, 15) is 13.2 Å². The number of aromatic nitrogens is 2. The van der Waals surface area contributed by atoms with E-state index in [1.807, 2.05) is 6.92 Å². The maximum atomic E-state index is 12.2. The molecule has 0 fully saturated rings. The number of nitrogens with zero attached hydrogens (tertiary/aromatic N) is 2. The summed E-state index contributed by atoms with van der Waals surface area (Å²) < 4.78 is 40.6. The first-order valence-electron chi connectivity index (χ1n) is 6.29. The summed E-state index contributed by atoms with van der Waals surface area (Å²) in [5.41, 5.74) is 7.80. The molecule has 0 aliphatic carbocycles. The first-order chi connectivity index (χ1) is 9.80. The van der Waals surface area contributed by atoms with Gasteiger partial charge in [0.25, 0.3) is 0 Å². The standard InChI is InChI=1S/C14H14F3N3O/c1-3-11-8(2)19-13(20-12(11)18)9-5-4-6-10(7-9)21-14(15,16)17/h4-7H,3H2,1-2H3,(H2,18,19,20). The lowest BCUT2D eigenvalue weighted by Gasteiger charge is -2.11. The van der Waals surface area contributed by atoms with Crippen molar-refractivity contribution in [1.82, 2.24) is 9.97 Å². The van der Waals surface area contributed by atoms with Crippen molar-refractivity contribution in [2.45, 2.75) is 26.6 Å². The Hall–Kier alpha value is -2.31. The largest absolute Gasteiger partial charge is 0.573 e. The molecule has 0 unspecified atom stereocenters. The Balaban J connectivity index is 2.41. The molecular weight excluding hydrogens is 283 g/mol. The monoisotopic (exact) mass is 297 g/mol. The molecule has 1 aromatic carbocycles. The zero-order valence-corrected chi connectivity index (χ0v) is 11.5. The molecule has 2 aromatic rings. The number of anilines is 1. The topological polar surface area (TPSA) is 61.0 Å². The average molecular weight is 297 g/mol. The normalized spacial score (nSPS) is 11.5. The van der Waals surface area contributed by atoms with Crippen molar-refractivity contribution in [3.63, 3.8) is 0 Å². The molecule has 0 bridgehead atoms. The minimum absolute atomic E-state index is 0.273. The molecule has 0 aliphatic heterocycles. The van der Waals surface area contributed by atoms with E-state index in [0.29, 0.717) is 23.5 Å². The molecule has 2 rings (SSSR count). The molecule has 0 saturated heterocycles. The summed E-state index contributed by atoms with van der Waals surface area (Å²) in [4.78, 5) is 8.43. The maximum absolute atomic E-state index is 12.2. The molecule has 0 saturated carbocycles. The summed E-state index contributed by atoms with van der Waals surface area (Å²) in [6.45, 7) is 3.72.